The van der Waals surface area contributed by atoms with Gasteiger partial charge in [-0.3, -0.25) is 0 Å². The maximum absolute atomic E-state index is 5.55. The van der Waals surface area contributed by atoms with E-state index in [1.807, 2.05) is 26.0 Å². The van der Waals surface area contributed by atoms with Gasteiger partial charge in [-0.1, -0.05) is 6.07 Å². The number of nitrogens with two attached hydrogens (primary N) is 1. The summed E-state index contributed by atoms with van der Waals surface area (Å²) in [5, 5.41) is 3.20. The van der Waals surface area contributed by atoms with Crippen molar-refractivity contribution in [3.8, 4) is 0 Å². The number of hydrogen-bond donors (Lipinski definition) is 2. The van der Waals surface area contributed by atoms with Crippen molar-refractivity contribution in [3.63, 3.8) is 0 Å². The number of ether oxygens (including phenoxy) is 1. The standard InChI is InChI=1S/C10H17N3O/c1-3-14-7-8(2)12-10-6-4-5-9(11)13-10/h4-6,8H,3,7H2,1-2H3,(H3,11,12,13). The molecular weight excluding hydrogens is 178 g/mol. The van der Waals surface area contributed by atoms with Gasteiger partial charge < -0.3 is 15.8 Å². The lowest BCUT2D eigenvalue weighted by molar-refractivity contribution is 0.141. The van der Waals surface area contributed by atoms with Gasteiger partial charge in [-0.05, 0) is 26.0 Å². The van der Waals surface area contributed by atoms with Crippen LogP contribution in [-0.4, -0.2) is 24.2 Å². The summed E-state index contributed by atoms with van der Waals surface area (Å²) in [7, 11) is 0. The molecule has 1 atom stereocenters. The highest BCUT2D eigenvalue weighted by molar-refractivity contribution is 5.42. The van der Waals surface area contributed by atoms with Crippen LogP contribution in [-0.2, 0) is 4.74 Å². The van der Waals surface area contributed by atoms with Crippen molar-refractivity contribution in [3.05, 3.63) is 18.2 Å². The second kappa shape index (κ2) is 5.44. The van der Waals surface area contributed by atoms with Crippen molar-refractivity contribution in [2.75, 3.05) is 24.3 Å². The lowest BCUT2D eigenvalue weighted by atomic mass is 10.3. The Hall–Kier alpha value is -1.29. The van der Waals surface area contributed by atoms with Crippen LogP contribution in [0.25, 0.3) is 0 Å². The molecule has 0 aromatic carbocycles. The summed E-state index contributed by atoms with van der Waals surface area (Å²) in [6.07, 6.45) is 0. The fraction of sp³-hybridized carbons (Fsp3) is 0.500. The van der Waals surface area contributed by atoms with Crippen LogP contribution in [0, 0.1) is 0 Å². The zero-order valence-corrected chi connectivity index (χ0v) is 8.66. The maximum atomic E-state index is 5.55. The molecule has 0 fully saturated rings. The van der Waals surface area contributed by atoms with Gasteiger partial charge in [0.1, 0.15) is 11.6 Å². The predicted octanol–water partition coefficient (Wildman–Crippen LogP) is 1.50. The van der Waals surface area contributed by atoms with Crippen molar-refractivity contribution in [2.45, 2.75) is 19.9 Å². The Kier molecular flexibility index (Phi) is 4.19. The smallest absolute Gasteiger partial charge is 0.128 e. The molecule has 0 aliphatic rings. The van der Waals surface area contributed by atoms with Crippen molar-refractivity contribution in [1.29, 1.82) is 0 Å². The van der Waals surface area contributed by atoms with Crippen LogP contribution in [0.4, 0.5) is 11.6 Å². The highest BCUT2D eigenvalue weighted by atomic mass is 16.5. The quantitative estimate of drug-likeness (QED) is 0.747. The third kappa shape index (κ3) is 3.62. The van der Waals surface area contributed by atoms with Crippen LogP contribution in [0.15, 0.2) is 18.2 Å². The summed E-state index contributed by atoms with van der Waals surface area (Å²) in [4.78, 5) is 4.13. The van der Waals surface area contributed by atoms with E-state index in [1.54, 1.807) is 6.07 Å². The Balaban J connectivity index is 2.43. The molecule has 1 heterocycles. The lowest BCUT2D eigenvalue weighted by Gasteiger charge is -2.14. The normalized spacial score (nSPS) is 12.4. The molecule has 4 nitrogen and oxygen atoms in total. The van der Waals surface area contributed by atoms with Gasteiger partial charge >= 0.3 is 0 Å². The molecule has 14 heavy (non-hydrogen) atoms. The summed E-state index contributed by atoms with van der Waals surface area (Å²) in [6.45, 7) is 5.43. The maximum Gasteiger partial charge on any atom is 0.128 e. The average molecular weight is 195 g/mol. The monoisotopic (exact) mass is 195 g/mol. The van der Waals surface area contributed by atoms with E-state index in [0.29, 0.717) is 12.4 Å². The topological polar surface area (TPSA) is 60.2 Å². The molecule has 0 spiro atoms. The number of nitrogens with zero attached hydrogens (tertiary/aromatic N) is 1. The van der Waals surface area contributed by atoms with Crippen LogP contribution in [0.5, 0.6) is 0 Å². The molecule has 0 radical (unpaired) electrons. The van der Waals surface area contributed by atoms with E-state index in [9.17, 15) is 0 Å². The van der Waals surface area contributed by atoms with Crippen LogP contribution >= 0.6 is 0 Å². The van der Waals surface area contributed by atoms with Crippen molar-refractivity contribution in [1.82, 2.24) is 4.98 Å². The third-order valence-corrected chi connectivity index (χ3v) is 1.74. The minimum Gasteiger partial charge on any atom is -0.384 e. The van der Waals surface area contributed by atoms with E-state index in [4.69, 9.17) is 10.5 Å². The first-order valence-electron chi connectivity index (χ1n) is 4.79. The van der Waals surface area contributed by atoms with Gasteiger partial charge in [-0.15, -0.1) is 0 Å². The highest BCUT2D eigenvalue weighted by Crippen LogP contribution is 2.07. The van der Waals surface area contributed by atoms with E-state index >= 15 is 0 Å². The Morgan fingerprint density at radius 2 is 2.36 bits per heavy atom. The molecule has 3 N–H and O–H groups in total. The van der Waals surface area contributed by atoms with Crippen molar-refractivity contribution < 1.29 is 4.74 Å². The molecule has 0 bridgehead atoms. The summed E-state index contributed by atoms with van der Waals surface area (Å²) in [6, 6.07) is 5.76. The number of aromatic nitrogens is 1. The van der Waals surface area contributed by atoms with Crippen LogP contribution in [0.3, 0.4) is 0 Å². The summed E-state index contributed by atoms with van der Waals surface area (Å²) in [5.74, 6) is 1.32. The molecular formula is C10H17N3O. The summed E-state index contributed by atoms with van der Waals surface area (Å²) in [5.41, 5.74) is 5.55. The summed E-state index contributed by atoms with van der Waals surface area (Å²) >= 11 is 0. The second-order valence-corrected chi connectivity index (χ2v) is 3.15. The van der Waals surface area contributed by atoms with Crippen molar-refractivity contribution in [2.24, 2.45) is 0 Å². The van der Waals surface area contributed by atoms with Gasteiger partial charge in [-0.2, -0.15) is 0 Å². The largest absolute Gasteiger partial charge is 0.384 e. The van der Waals surface area contributed by atoms with Gasteiger partial charge in [0.2, 0.25) is 0 Å². The van der Waals surface area contributed by atoms with Crippen LogP contribution < -0.4 is 11.1 Å². The van der Waals surface area contributed by atoms with E-state index in [2.05, 4.69) is 10.3 Å². The zero-order valence-electron chi connectivity index (χ0n) is 8.66. The number of nitrogen functional groups attached to an aromatic ring is 1. The molecule has 0 aliphatic carbocycles. The van der Waals surface area contributed by atoms with E-state index in [-0.39, 0.29) is 6.04 Å². The van der Waals surface area contributed by atoms with Crippen LogP contribution in [0.1, 0.15) is 13.8 Å². The lowest BCUT2D eigenvalue weighted by Crippen LogP contribution is -2.22. The van der Waals surface area contributed by atoms with Gasteiger partial charge in [-0.25, -0.2) is 4.98 Å². The summed E-state index contributed by atoms with van der Waals surface area (Å²) < 4.78 is 5.28. The predicted molar refractivity (Wildman–Crippen MR) is 58.2 cm³/mol. The molecule has 0 amide bonds. The third-order valence-electron chi connectivity index (χ3n) is 1.74. The second-order valence-electron chi connectivity index (χ2n) is 3.15. The molecule has 1 aromatic rings. The number of rotatable bonds is 5. The Morgan fingerprint density at radius 1 is 1.57 bits per heavy atom. The first-order valence-corrected chi connectivity index (χ1v) is 4.79. The molecule has 1 aromatic heterocycles. The molecule has 1 rings (SSSR count). The van der Waals surface area contributed by atoms with Gasteiger partial charge in [0.15, 0.2) is 0 Å². The van der Waals surface area contributed by atoms with Crippen molar-refractivity contribution >= 4 is 11.6 Å². The molecule has 0 aliphatic heterocycles. The molecule has 1 unspecified atom stereocenters. The van der Waals surface area contributed by atoms with Crippen LogP contribution in [0.2, 0.25) is 0 Å². The highest BCUT2D eigenvalue weighted by Gasteiger charge is 2.02. The molecule has 4 heteroatoms. The van der Waals surface area contributed by atoms with E-state index in [1.165, 1.54) is 0 Å². The minimum atomic E-state index is 0.240. The number of anilines is 2. The Labute approximate surface area is 84.5 Å². The Morgan fingerprint density at radius 3 is 3.00 bits per heavy atom. The van der Waals surface area contributed by atoms with Gasteiger partial charge in [0, 0.05) is 12.6 Å². The fourth-order valence-electron chi connectivity index (χ4n) is 1.12. The zero-order chi connectivity index (χ0) is 10.4. The fourth-order valence-corrected chi connectivity index (χ4v) is 1.12. The van der Waals surface area contributed by atoms with Gasteiger partial charge in [0.05, 0.1) is 6.61 Å². The first kappa shape index (κ1) is 10.8. The number of hydrogen-bond acceptors (Lipinski definition) is 4. The molecule has 78 valence electrons. The molecule has 0 saturated carbocycles. The number of nitrogens with one attached hydrogen (secondary N) is 1. The Bertz CT molecular complexity index is 278. The SMILES string of the molecule is CCOCC(C)Nc1cccc(N)n1. The average Bonchev–Trinajstić information content (AvgIpc) is 2.15. The van der Waals surface area contributed by atoms with E-state index in [0.717, 1.165) is 12.4 Å². The van der Waals surface area contributed by atoms with Gasteiger partial charge in [0.25, 0.3) is 0 Å². The minimum absolute atomic E-state index is 0.240. The number of pyridine rings is 1. The molecule has 0 saturated heterocycles. The van der Waals surface area contributed by atoms with E-state index < -0.39 is 0 Å². The first-order chi connectivity index (χ1) is 6.72.